The lowest BCUT2D eigenvalue weighted by atomic mass is 10.2. The molecule has 29 heavy (non-hydrogen) atoms. The van der Waals surface area contributed by atoms with Crippen molar-refractivity contribution in [2.75, 3.05) is 0 Å². The molecule has 0 amide bonds. The average molecular weight is 488 g/mol. The number of benzene rings is 2. The molecule has 2 aromatic heterocycles. The summed E-state index contributed by atoms with van der Waals surface area (Å²) in [5.74, 6) is 0. The van der Waals surface area contributed by atoms with Gasteiger partial charge in [0.15, 0.2) is 4.80 Å². The number of imidazole rings is 1. The van der Waals surface area contributed by atoms with Gasteiger partial charge in [0.1, 0.15) is 0 Å². The summed E-state index contributed by atoms with van der Waals surface area (Å²) in [6, 6.07) is 14.2. The van der Waals surface area contributed by atoms with Crippen molar-refractivity contribution in [3.05, 3.63) is 86.4 Å². The van der Waals surface area contributed by atoms with Gasteiger partial charge in [0.2, 0.25) is 0 Å². The minimum Gasteiger partial charge on any atom is -0.337 e. The predicted molar refractivity (Wildman–Crippen MR) is 124 cm³/mol. The van der Waals surface area contributed by atoms with Crippen molar-refractivity contribution in [3.63, 3.8) is 0 Å². The van der Waals surface area contributed by atoms with Gasteiger partial charge in [0.25, 0.3) is 0 Å². The van der Waals surface area contributed by atoms with E-state index in [1.807, 2.05) is 49.9 Å². The van der Waals surface area contributed by atoms with Crippen LogP contribution in [0.2, 0.25) is 5.02 Å². The number of halogens is 2. The maximum Gasteiger partial charge on any atom is 0.190 e. The maximum atomic E-state index is 6.30. The van der Waals surface area contributed by atoms with Crippen molar-refractivity contribution in [2.45, 2.75) is 26.4 Å². The molecule has 4 aromatic rings. The van der Waals surface area contributed by atoms with Crippen molar-refractivity contribution in [1.29, 1.82) is 0 Å². The highest BCUT2D eigenvalue weighted by atomic mass is 79.9. The first-order chi connectivity index (χ1) is 14.1. The fourth-order valence-electron chi connectivity index (χ4n) is 3.11. The Morgan fingerprint density at radius 2 is 2.03 bits per heavy atom. The minimum absolute atomic E-state index is 0.737. The first-order valence-electron chi connectivity index (χ1n) is 9.31. The van der Waals surface area contributed by atoms with Crippen molar-refractivity contribution in [3.8, 4) is 11.3 Å². The molecule has 0 saturated carbocycles. The van der Waals surface area contributed by atoms with Gasteiger partial charge in [-0.05, 0) is 37.1 Å². The van der Waals surface area contributed by atoms with E-state index in [1.54, 1.807) is 11.3 Å². The Kier molecular flexibility index (Phi) is 6.33. The molecule has 2 heterocycles. The molecule has 4 rings (SSSR count). The van der Waals surface area contributed by atoms with E-state index in [0.29, 0.717) is 0 Å². The van der Waals surface area contributed by atoms with Crippen molar-refractivity contribution in [1.82, 2.24) is 14.1 Å². The van der Waals surface area contributed by atoms with E-state index in [-0.39, 0.29) is 0 Å². The molecule has 0 bridgehead atoms. The third kappa shape index (κ3) is 4.71. The summed E-state index contributed by atoms with van der Waals surface area (Å²) >= 11 is 11.6. The van der Waals surface area contributed by atoms with Crippen LogP contribution in [0.25, 0.3) is 11.3 Å². The predicted octanol–water partition coefficient (Wildman–Crippen LogP) is 6.46. The molecular formula is C22H20BrClN4S. The quantitative estimate of drug-likeness (QED) is 0.307. The summed E-state index contributed by atoms with van der Waals surface area (Å²) in [4.78, 5) is 9.98. The van der Waals surface area contributed by atoms with Crippen LogP contribution in [0.3, 0.4) is 0 Å². The molecular weight excluding hydrogens is 468 g/mol. The molecule has 0 aliphatic rings. The largest absolute Gasteiger partial charge is 0.337 e. The SMILES string of the molecule is Cc1ccc(N=c2scc(-c3ccccc3Br)n2CCCn2ccnc2)cc1Cl. The second-order valence-corrected chi connectivity index (χ2v) is 8.83. The Bertz CT molecular complexity index is 1180. The first kappa shape index (κ1) is 20.1. The molecule has 0 aliphatic carbocycles. The van der Waals surface area contributed by atoms with Crippen LogP contribution < -0.4 is 4.80 Å². The summed E-state index contributed by atoms with van der Waals surface area (Å²) in [7, 11) is 0. The summed E-state index contributed by atoms with van der Waals surface area (Å²) in [6.45, 7) is 3.77. The molecule has 4 nitrogen and oxygen atoms in total. The van der Waals surface area contributed by atoms with Crippen LogP contribution in [0.5, 0.6) is 0 Å². The fourth-order valence-corrected chi connectivity index (χ4v) is 4.72. The molecule has 148 valence electrons. The highest BCUT2D eigenvalue weighted by Crippen LogP contribution is 2.29. The topological polar surface area (TPSA) is 35.1 Å². The average Bonchev–Trinajstić information content (AvgIpc) is 3.36. The van der Waals surface area contributed by atoms with Gasteiger partial charge in [-0.25, -0.2) is 9.98 Å². The third-order valence-corrected chi connectivity index (χ3v) is 6.65. The monoisotopic (exact) mass is 486 g/mol. The smallest absolute Gasteiger partial charge is 0.190 e. The Balaban J connectivity index is 1.73. The van der Waals surface area contributed by atoms with Gasteiger partial charge < -0.3 is 9.13 Å². The maximum absolute atomic E-state index is 6.30. The highest BCUT2D eigenvalue weighted by Gasteiger charge is 2.11. The van der Waals surface area contributed by atoms with Crippen LogP contribution >= 0.6 is 38.9 Å². The van der Waals surface area contributed by atoms with Gasteiger partial charge in [-0.1, -0.05) is 51.8 Å². The van der Waals surface area contributed by atoms with E-state index < -0.39 is 0 Å². The first-order valence-corrected chi connectivity index (χ1v) is 11.4. The zero-order valence-corrected chi connectivity index (χ0v) is 19.1. The van der Waals surface area contributed by atoms with E-state index in [2.05, 4.69) is 53.6 Å². The highest BCUT2D eigenvalue weighted by molar-refractivity contribution is 9.10. The van der Waals surface area contributed by atoms with Gasteiger partial charge in [0, 0.05) is 45.9 Å². The summed E-state index contributed by atoms with van der Waals surface area (Å²) in [6.07, 6.45) is 6.64. The molecule has 7 heteroatoms. The van der Waals surface area contributed by atoms with E-state index in [0.717, 1.165) is 56.3 Å². The molecule has 0 radical (unpaired) electrons. The molecule has 0 N–H and O–H groups in total. The number of nitrogens with zero attached hydrogens (tertiary/aromatic N) is 4. The second kappa shape index (κ2) is 9.11. The van der Waals surface area contributed by atoms with Crippen LogP contribution in [-0.4, -0.2) is 14.1 Å². The number of thiazole rings is 1. The van der Waals surface area contributed by atoms with Gasteiger partial charge in [-0.2, -0.15) is 0 Å². The molecule has 0 fully saturated rings. The summed E-state index contributed by atoms with van der Waals surface area (Å²) in [5, 5.41) is 2.91. The van der Waals surface area contributed by atoms with Gasteiger partial charge >= 0.3 is 0 Å². The van der Waals surface area contributed by atoms with Crippen LogP contribution in [0.1, 0.15) is 12.0 Å². The second-order valence-electron chi connectivity index (χ2n) is 6.73. The molecule has 0 saturated heterocycles. The Morgan fingerprint density at radius 3 is 2.79 bits per heavy atom. The van der Waals surface area contributed by atoms with Crippen molar-refractivity contribution >= 4 is 44.6 Å². The number of aromatic nitrogens is 3. The summed E-state index contributed by atoms with van der Waals surface area (Å²) in [5.41, 5.74) is 4.24. The lowest BCUT2D eigenvalue weighted by molar-refractivity contribution is 0.559. The summed E-state index contributed by atoms with van der Waals surface area (Å²) < 4.78 is 5.46. The van der Waals surface area contributed by atoms with Gasteiger partial charge in [0.05, 0.1) is 17.7 Å². The van der Waals surface area contributed by atoms with Crippen molar-refractivity contribution in [2.24, 2.45) is 4.99 Å². The van der Waals surface area contributed by atoms with E-state index in [1.165, 1.54) is 0 Å². The third-order valence-electron chi connectivity index (χ3n) is 4.68. The fraction of sp³-hybridized carbons (Fsp3) is 0.182. The van der Waals surface area contributed by atoms with Crippen LogP contribution in [0.15, 0.2) is 76.0 Å². The van der Waals surface area contributed by atoms with Gasteiger partial charge in [-0.15, -0.1) is 11.3 Å². The minimum atomic E-state index is 0.737. The molecule has 2 aromatic carbocycles. The molecule has 0 aliphatic heterocycles. The zero-order valence-electron chi connectivity index (χ0n) is 15.9. The van der Waals surface area contributed by atoms with E-state index in [4.69, 9.17) is 16.6 Å². The Morgan fingerprint density at radius 1 is 1.17 bits per heavy atom. The van der Waals surface area contributed by atoms with Crippen molar-refractivity contribution < 1.29 is 0 Å². The molecule has 0 spiro atoms. The Labute approximate surface area is 187 Å². The lowest BCUT2D eigenvalue weighted by Gasteiger charge is -2.11. The van der Waals surface area contributed by atoms with Crippen LogP contribution in [0, 0.1) is 6.92 Å². The van der Waals surface area contributed by atoms with E-state index in [9.17, 15) is 0 Å². The standard InChI is InChI=1S/C22H20BrClN4S/c1-16-7-8-17(13-20(16)24)26-22-28(11-4-10-27-12-9-25-15-27)21(14-29-22)18-5-2-3-6-19(18)23/h2-3,5-9,12-15H,4,10-11H2,1H3. The lowest BCUT2D eigenvalue weighted by Crippen LogP contribution is -2.17. The van der Waals surface area contributed by atoms with E-state index >= 15 is 0 Å². The zero-order chi connectivity index (χ0) is 20.2. The van der Waals surface area contributed by atoms with Crippen LogP contribution in [-0.2, 0) is 13.1 Å². The van der Waals surface area contributed by atoms with Crippen LogP contribution in [0.4, 0.5) is 5.69 Å². The Hall–Kier alpha value is -2.15. The normalized spacial score (nSPS) is 11.9. The number of aryl methyl sites for hydroxylation is 2. The molecule has 0 atom stereocenters. The number of rotatable bonds is 6. The number of hydrogen-bond acceptors (Lipinski definition) is 3. The number of hydrogen-bond donors (Lipinski definition) is 0. The van der Waals surface area contributed by atoms with Gasteiger partial charge in [-0.3, -0.25) is 0 Å². The molecule has 0 unspecified atom stereocenters.